The number of halogens is 4. The summed E-state index contributed by atoms with van der Waals surface area (Å²) in [6.45, 7) is 0.220. The van der Waals surface area contributed by atoms with Gasteiger partial charge in [0.2, 0.25) is 11.8 Å². The van der Waals surface area contributed by atoms with Gasteiger partial charge in [0.25, 0.3) is 0 Å². The third-order valence-electron chi connectivity index (χ3n) is 5.15. The van der Waals surface area contributed by atoms with E-state index in [1.165, 1.54) is 17.0 Å². The molecular formula is C25H19ClF3N3O2S. The topological polar surface area (TPSA) is 61.8 Å². The second-order valence-electron chi connectivity index (χ2n) is 7.71. The van der Waals surface area contributed by atoms with E-state index >= 15 is 0 Å². The zero-order valence-electron chi connectivity index (χ0n) is 18.1. The SMILES string of the molecule is O=C(Nc1ccc(Cl)cc1)C1CC(=O)N(Cc2ccccc2)C(=Nc2ccc(C(F)(F)F)cc2)S1. The lowest BCUT2D eigenvalue weighted by Crippen LogP contribution is -2.44. The summed E-state index contributed by atoms with van der Waals surface area (Å²) in [5.41, 5.74) is 0.825. The van der Waals surface area contributed by atoms with Crippen LogP contribution in [0.3, 0.4) is 0 Å². The molecule has 1 aliphatic heterocycles. The normalized spacial score (nSPS) is 17.5. The van der Waals surface area contributed by atoms with Crippen LogP contribution in [-0.4, -0.2) is 27.1 Å². The van der Waals surface area contributed by atoms with Crippen molar-refractivity contribution in [3.8, 4) is 0 Å². The van der Waals surface area contributed by atoms with E-state index in [0.29, 0.717) is 10.7 Å². The molecule has 1 heterocycles. The average Bonchev–Trinajstić information content (AvgIpc) is 2.83. The highest BCUT2D eigenvalue weighted by Crippen LogP contribution is 2.33. The number of amides is 2. The van der Waals surface area contributed by atoms with E-state index in [1.54, 1.807) is 24.3 Å². The first-order chi connectivity index (χ1) is 16.7. The van der Waals surface area contributed by atoms with Crippen molar-refractivity contribution in [2.24, 2.45) is 4.99 Å². The Bertz CT molecular complexity index is 1230. The molecule has 0 aliphatic carbocycles. The number of hydrogen-bond acceptors (Lipinski definition) is 4. The highest BCUT2D eigenvalue weighted by atomic mass is 35.5. The molecule has 1 saturated heterocycles. The van der Waals surface area contributed by atoms with Crippen LogP contribution in [0.1, 0.15) is 17.5 Å². The number of aliphatic imine (C=N–C) groups is 1. The molecule has 1 unspecified atom stereocenters. The highest BCUT2D eigenvalue weighted by molar-refractivity contribution is 8.15. The number of carbonyl (C=O) groups is 2. The number of carbonyl (C=O) groups excluding carboxylic acids is 2. The Morgan fingerprint density at radius 2 is 1.69 bits per heavy atom. The van der Waals surface area contributed by atoms with Gasteiger partial charge in [-0.1, -0.05) is 53.7 Å². The third kappa shape index (κ3) is 6.43. The summed E-state index contributed by atoms with van der Waals surface area (Å²) in [7, 11) is 0. The van der Waals surface area contributed by atoms with Gasteiger partial charge in [-0.05, 0) is 54.1 Å². The van der Waals surface area contributed by atoms with E-state index in [2.05, 4.69) is 10.3 Å². The minimum absolute atomic E-state index is 0.0526. The number of nitrogens with one attached hydrogen (secondary N) is 1. The number of thioether (sulfide) groups is 1. The van der Waals surface area contributed by atoms with Gasteiger partial charge in [0, 0.05) is 17.1 Å². The van der Waals surface area contributed by atoms with Gasteiger partial charge < -0.3 is 5.32 Å². The van der Waals surface area contributed by atoms with Crippen molar-refractivity contribution < 1.29 is 22.8 Å². The molecule has 0 saturated carbocycles. The molecule has 0 spiro atoms. The third-order valence-corrected chi connectivity index (χ3v) is 6.59. The van der Waals surface area contributed by atoms with Crippen molar-refractivity contribution in [3.63, 3.8) is 0 Å². The molecule has 0 aromatic heterocycles. The first-order valence-corrected chi connectivity index (χ1v) is 11.8. The molecule has 3 aromatic rings. The van der Waals surface area contributed by atoms with Crippen LogP contribution in [-0.2, 0) is 22.3 Å². The number of amidine groups is 1. The maximum absolute atomic E-state index is 13.1. The minimum atomic E-state index is -4.47. The number of benzene rings is 3. The lowest BCUT2D eigenvalue weighted by molar-refractivity contribution is -0.137. The van der Waals surface area contributed by atoms with Crippen LogP contribution in [0.25, 0.3) is 0 Å². The summed E-state index contributed by atoms with van der Waals surface area (Å²) >= 11 is 6.98. The van der Waals surface area contributed by atoms with E-state index in [9.17, 15) is 22.8 Å². The van der Waals surface area contributed by atoms with Crippen molar-refractivity contribution in [1.29, 1.82) is 0 Å². The van der Waals surface area contributed by atoms with Crippen LogP contribution in [0, 0.1) is 0 Å². The van der Waals surface area contributed by atoms with Crippen LogP contribution >= 0.6 is 23.4 Å². The molecule has 1 atom stereocenters. The second kappa shape index (κ2) is 10.5. The number of hydrogen-bond donors (Lipinski definition) is 1. The first-order valence-electron chi connectivity index (χ1n) is 10.5. The van der Waals surface area contributed by atoms with Crippen LogP contribution < -0.4 is 5.32 Å². The van der Waals surface area contributed by atoms with Gasteiger partial charge >= 0.3 is 6.18 Å². The van der Waals surface area contributed by atoms with E-state index in [0.717, 1.165) is 29.5 Å². The fraction of sp³-hybridized carbons (Fsp3) is 0.160. The highest BCUT2D eigenvalue weighted by Gasteiger charge is 2.36. The largest absolute Gasteiger partial charge is 0.416 e. The van der Waals surface area contributed by atoms with Gasteiger partial charge in [-0.3, -0.25) is 14.5 Å². The molecule has 35 heavy (non-hydrogen) atoms. The van der Waals surface area contributed by atoms with Crippen molar-refractivity contribution in [2.75, 3.05) is 5.32 Å². The standard InChI is InChI=1S/C25H19ClF3N3O2S/c26-18-8-12-19(13-9-18)30-23(34)21-14-22(33)32(15-16-4-2-1-3-5-16)24(35-21)31-20-10-6-17(7-11-20)25(27,28)29/h1-13,21H,14-15H2,(H,30,34). The second-order valence-corrected chi connectivity index (χ2v) is 9.32. The molecule has 1 N–H and O–H groups in total. The smallest absolute Gasteiger partial charge is 0.325 e. The van der Waals surface area contributed by atoms with Gasteiger partial charge in [-0.25, -0.2) is 4.99 Å². The van der Waals surface area contributed by atoms with Gasteiger partial charge in [0.05, 0.1) is 17.8 Å². The molecule has 1 aliphatic rings. The summed E-state index contributed by atoms with van der Waals surface area (Å²) in [5.74, 6) is -0.695. The Balaban J connectivity index is 1.60. The predicted octanol–water partition coefficient (Wildman–Crippen LogP) is 6.52. The Morgan fingerprint density at radius 1 is 1.03 bits per heavy atom. The van der Waals surface area contributed by atoms with Gasteiger partial charge in [-0.15, -0.1) is 0 Å². The first kappa shape index (κ1) is 24.8. The number of rotatable bonds is 5. The Kier molecular flexibility index (Phi) is 7.47. The maximum Gasteiger partial charge on any atom is 0.416 e. The van der Waals surface area contributed by atoms with Crippen LogP contribution in [0.4, 0.5) is 24.5 Å². The Morgan fingerprint density at radius 3 is 2.31 bits per heavy atom. The molecule has 10 heteroatoms. The minimum Gasteiger partial charge on any atom is -0.325 e. The molecule has 180 valence electrons. The van der Waals surface area contributed by atoms with Crippen LogP contribution in [0.2, 0.25) is 5.02 Å². The molecule has 0 bridgehead atoms. The van der Waals surface area contributed by atoms with Gasteiger partial charge in [0.1, 0.15) is 5.25 Å². The molecule has 5 nitrogen and oxygen atoms in total. The lowest BCUT2D eigenvalue weighted by atomic mass is 10.2. The van der Waals surface area contributed by atoms with E-state index < -0.39 is 17.0 Å². The average molecular weight is 518 g/mol. The molecule has 4 rings (SSSR count). The fourth-order valence-corrected chi connectivity index (χ4v) is 4.58. The van der Waals surface area contributed by atoms with Crippen LogP contribution in [0.5, 0.6) is 0 Å². The fourth-order valence-electron chi connectivity index (χ4n) is 3.35. The summed E-state index contributed by atoms with van der Waals surface area (Å²) in [6, 6.07) is 20.1. The lowest BCUT2D eigenvalue weighted by Gasteiger charge is -2.32. The monoisotopic (exact) mass is 517 g/mol. The quantitative estimate of drug-likeness (QED) is 0.419. The molecule has 3 aromatic carbocycles. The zero-order valence-corrected chi connectivity index (χ0v) is 19.7. The maximum atomic E-state index is 13.1. The summed E-state index contributed by atoms with van der Waals surface area (Å²) in [5, 5.41) is 2.76. The number of anilines is 1. The van der Waals surface area contributed by atoms with Crippen molar-refractivity contribution in [2.45, 2.75) is 24.4 Å². The molecule has 0 radical (unpaired) electrons. The summed E-state index contributed by atoms with van der Waals surface area (Å²) < 4.78 is 38.8. The predicted molar refractivity (Wildman–Crippen MR) is 132 cm³/mol. The van der Waals surface area contributed by atoms with Crippen molar-refractivity contribution in [3.05, 3.63) is 95.0 Å². The van der Waals surface area contributed by atoms with E-state index in [1.807, 2.05) is 30.3 Å². The van der Waals surface area contributed by atoms with Gasteiger partial charge in [-0.2, -0.15) is 13.2 Å². The zero-order chi connectivity index (χ0) is 25.0. The Labute approximate surface area is 209 Å². The van der Waals surface area contributed by atoms with Gasteiger partial charge in [0.15, 0.2) is 5.17 Å². The number of alkyl halides is 3. The van der Waals surface area contributed by atoms with E-state index in [-0.39, 0.29) is 35.6 Å². The molecular weight excluding hydrogens is 499 g/mol. The molecule has 2 amide bonds. The molecule has 1 fully saturated rings. The summed E-state index contributed by atoms with van der Waals surface area (Å²) in [4.78, 5) is 31.9. The number of nitrogens with zero attached hydrogens (tertiary/aromatic N) is 2. The van der Waals surface area contributed by atoms with Crippen molar-refractivity contribution >= 4 is 51.7 Å². The summed E-state index contributed by atoms with van der Waals surface area (Å²) in [6.07, 6.45) is -4.52. The van der Waals surface area contributed by atoms with Crippen LogP contribution in [0.15, 0.2) is 83.9 Å². The van der Waals surface area contributed by atoms with Crippen molar-refractivity contribution in [1.82, 2.24) is 4.90 Å². The van der Waals surface area contributed by atoms with E-state index in [4.69, 9.17) is 11.6 Å². The Hall–Kier alpha value is -3.30.